The van der Waals surface area contributed by atoms with Gasteiger partial charge in [0.15, 0.2) is 5.56 Å². The van der Waals surface area contributed by atoms with Crippen LogP contribution in [0, 0.1) is 0 Å². The Morgan fingerprint density at radius 2 is 2.20 bits per heavy atom. The number of rotatable bonds is 3. The second-order valence-corrected chi connectivity index (χ2v) is 2.42. The second kappa shape index (κ2) is 7.60. The van der Waals surface area contributed by atoms with Crippen LogP contribution in [0.15, 0.2) is 0 Å². The van der Waals surface area contributed by atoms with Crippen molar-refractivity contribution >= 4 is 23.0 Å². The maximum Gasteiger partial charge on any atom is 1.00 e. The molecule has 4 nitrogen and oxygen atoms in total. The van der Waals surface area contributed by atoms with Crippen LogP contribution < -0.4 is 51.4 Å². The van der Waals surface area contributed by atoms with Crippen molar-refractivity contribution in [1.82, 2.24) is 0 Å². The molecule has 0 spiro atoms. The van der Waals surface area contributed by atoms with Crippen molar-refractivity contribution in [3.63, 3.8) is 0 Å². The molecule has 0 radical (unpaired) electrons. The fourth-order valence-electron chi connectivity index (χ4n) is 0.155. The zero-order valence-corrected chi connectivity index (χ0v) is 10.3. The van der Waals surface area contributed by atoms with Crippen LogP contribution in [0.2, 0.25) is 0 Å². The molecule has 0 aliphatic rings. The molecule has 0 aliphatic heterocycles. The third-order valence-electron chi connectivity index (χ3n) is 0.550. The van der Waals surface area contributed by atoms with E-state index in [4.69, 9.17) is 16.7 Å². The normalized spacial score (nSPS) is 18.8. The topological polar surface area (TPSA) is 69.6 Å². The van der Waals surface area contributed by atoms with Crippen molar-refractivity contribution in [3.8, 4) is 0 Å². The molecule has 0 aromatic carbocycles. The van der Waals surface area contributed by atoms with Crippen LogP contribution in [0.25, 0.3) is 0 Å². The molecule has 3 unspecified atom stereocenters. The first kappa shape index (κ1) is 14.5. The van der Waals surface area contributed by atoms with Gasteiger partial charge in [0.25, 0.3) is 0 Å². The minimum atomic E-state index is -2.66. The van der Waals surface area contributed by atoms with Gasteiger partial charge in [0.1, 0.15) is 0 Å². The van der Waals surface area contributed by atoms with Gasteiger partial charge in [0.2, 0.25) is 0 Å². The molecule has 0 rings (SSSR count). The van der Waals surface area contributed by atoms with E-state index in [1.807, 2.05) is 0 Å². The van der Waals surface area contributed by atoms with Crippen molar-refractivity contribution in [2.75, 3.05) is 0 Å². The van der Waals surface area contributed by atoms with Crippen molar-refractivity contribution in [3.05, 3.63) is 0 Å². The smallest absolute Gasteiger partial charge is 0.750 e. The zero-order valence-electron chi connectivity index (χ0n) is 5.61. The Bertz CT molecular complexity index is 111. The summed E-state index contributed by atoms with van der Waals surface area (Å²) in [6.45, 7) is 1.32. The molecule has 0 aromatic heterocycles. The van der Waals surface area contributed by atoms with Crippen molar-refractivity contribution in [2.45, 2.75) is 18.6 Å². The Kier molecular flexibility index (Phi) is 11.0. The average Bonchev–Trinajstić information content (AvgIpc) is 1.63. The molecule has 0 fully saturated rings. The molecular weight excluding hydrogens is 207 g/mol. The van der Waals surface area contributed by atoms with E-state index < -0.39 is 23.0 Å². The molecule has 0 heterocycles. The summed E-state index contributed by atoms with van der Waals surface area (Å²) in [6.07, 6.45) is -0.996. The third kappa shape index (κ3) is 8.06. The molecule has 1 N–H and O–H groups in total. The Morgan fingerprint density at radius 3 is 2.30 bits per heavy atom. The van der Waals surface area contributed by atoms with Gasteiger partial charge >= 0.3 is 51.4 Å². The maximum atomic E-state index is 9.70. The monoisotopic (exact) mass is 212 g/mol. The number of halogens is 1. The van der Waals surface area contributed by atoms with Crippen LogP contribution in [-0.4, -0.2) is 25.5 Å². The summed E-state index contributed by atoms with van der Waals surface area (Å²) in [5, 5.41) is 8.54. The van der Waals surface area contributed by atoms with Gasteiger partial charge < -0.3 is 9.66 Å². The standard InChI is InChI=1S/C3H7ClO4S.K/c1-2(5)3(4)8-9(6)7;/h2-3,5H,1H3,(H,6,7);/q;+1/p-1. The third-order valence-corrected chi connectivity index (χ3v) is 1.47. The van der Waals surface area contributed by atoms with Gasteiger partial charge in [-0.1, -0.05) is 11.6 Å². The summed E-state index contributed by atoms with van der Waals surface area (Å²) in [5.74, 6) is 0. The summed E-state index contributed by atoms with van der Waals surface area (Å²) in [7, 11) is 0. The first-order valence-electron chi connectivity index (χ1n) is 2.12. The molecule has 0 saturated heterocycles. The molecule has 7 heteroatoms. The van der Waals surface area contributed by atoms with Gasteiger partial charge in [0.05, 0.1) is 17.5 Å². The Hall–Kier alpha value is 1.96. The van der Waals surface area contributed by atoms with E-state index in [9.17, 15) is 8.76 Å². The van der Waals surface area contributed by atoms with Crippen molar-refractivity contribution in [1.29, 1.82) is 0 Å². The van der Waals surface area contributed by atoms with Crippen LogP contribution in [0.3, 0.4) is 0 Å². The van der Waals surface area contributed by atoms with Gasteiger partial charge in [-0.3, -0.25) is 4.18 Å². The number of hydrogen-bond donors (Lipinski definition) is 1. The largest absolute Gasteiger partial charge is 1.00 e. The molecule has 0 aromatic rings. The molecule has 10 heavy (non-hydrogen) atoms. The van der Waals surface area contributed by atoms with E-state index in [1.54, 1.807) is 0 Å². The predicted molar refractivity (Wildman–Crippen MR) is 31.3 cm³/mol. The second-order valence-electron chi connectivity index (χ2n) is 1.39. The van der Waals surface area contributed by atoms with Crippen LogP contribution in [0.1, 0.15) is 6.92 Å². The fourth-order valence-corrected chi connectivity index (χ4v) is 0.645. The Labute approximate surface area is 109 Å². The van der Waals surface area contributed by atoms with E-state index in [0.29, 0.717) is 0 Å². The molecule has 0 aliphatic carbocycles. The SMILES string of the molecule is CC(O)C(Cl)OS(=O)[O-].[K+]. The van der Waals surface area contributed by atoms with E-state index in [0.717, 1.165) is 0 Å². The average molecular weight is 213 g/mol. The van der Waals surface area contributed by atoms with Crippen LogP contribution in [0.5, 0.6) is 0 Å². The molecule has 0 saturated carbocycles. The molecule has 3 atom stereocenters. The molecule has 56 valence electrons. The minimum Gasteiger partial charge on any atom is -0.750 e. The summed E-state index contributed by atoms with van der Waals surface area (Å²) in [4.78, 5) is 0. The summed E-state index contributed by atoms with van der Waals surface area (Å²) >= 11 is 2.49. The zero-order chi connectivity index (χ0) is 7.44. The van der Waals surface area contributed by atoms with Gasteiger partial charge in [-0.05, 0) is 6.92 Å². The van der Waals surface area contributed by atoms with Gasteiger partial charge in [-0.25, -0.2) is 4.21 Å². The van der Waals surface area contributed by atoms with Gasteiger partial charge in [0, 0.05) is 0 Å². The van der Waals surface area contributed by atoms with E-state index in [1.165, 1.54) is 6.92 Å². The van der Waals surface area contributed by atoms with E-state index in [2.05, 4.69) is 4.18 Å². The molecular formula is C3H6ClKO4S. The van der Waals surface area contributed by atoms with Crippen LogP contribution in [0.4, 0.5) is 0 Å². The predicted octanol–water partition coefficient (Wildman–Crippen LogP) is -3.25. The number of aliphatic hydroxyl groups is 1. The van der Waals surface area contributed by atoms with Gasteiger partial charge in [-0.2, -0.15) is 0 Å². The minimum absolute atomic E-state index is 0. The molecule has 0 bridgehead atoms. The maximum absolute atomic E-state index is 9.70. The Balaban J connectivity index is 0. The summed E-state index contributed by atoms with van der Waals surface area (Å²) in [5.41, 5.74) is -1.19. The van der Waals surface area contributed by atoms with E-state index in [-0.39, 0.29) is 51.4 Å². The fraction of sp³-hybridized carbons (Fsp3) is 1.00. The van der Waals surface area contributed by atoms with Crippen molar-refractivity contribution < 1.29 is 69.4 Å². The number of aliphatic hydroxyl groups excluding tert-OH is 1. The van der Waals surface area contributed by atoms with Crippen LogP contribution in [-0.2, 0) is 15.5 Å². The number of hydrogen-bond acceptors (Lipinski definition) is 4. The van der Waals surface area contributed by atoms with E-state index >= 15 is 0 Å². The van der Waals surface area contributed by atoms with Crippen LogP contribution >= 0.6 is 11.6 Å². The first-order chi connectivity index (χ1) is 4.04. The Morgan fingerprint density at radius 1 is 1.80 bits per heavy atom. The number of alkyl halides is 1. The quantitative estimate of drug-likeness (QED) is 0.303. The summed E-state index contributed by atoms with van der Waals surface area (Å²) in [6, 6.07) is 0. The molecule has 0 amide bonds. The van der Waals surface area contributed by atoms with Gasteiger partial charge in [-0.15, -0.1) is 0 Å². The first-order valence-corrected chi connectivity index (χ1v) is 3.56. The summed E-state index contributed by atoms with van der Waals surface area (Å²) < 4.78 is 23.3. The van der Waals surface area contributed by atoms with Crippen molar-refractivity contribution in [2.24, 2.45) is 0 Å².